The molecule has 0 aliphatic rings. The number of nitrogens with zero attached hydrogens (tertiary/aromatic N) is 2. The number of fused-ring (bicyclic) bond motifs is 1. The first-order chi connectivity index (χ1) is 9.56. The summed E-state index contributed by atoms with van der Waals surface area (Å²) in [6.45, 7) is 4.05. The summed E-state index contributed by atoms with van der Waals surface area (Å²) < 4.78 is 7.11. The van der Waals surface area contributed by atoms with Gasteiger partial charge >= 0.3 is 0 Å². The maximum absolute atomic E-state index is 12.0. The molecule has 0 saturated heterocycles. The number of carbonyl (C=O) groups excluding carboxylic acids is 1. The van der Waals surface area contributed by atoms with Crippen LogP contribution in [0.25, 0.3) is 11.0 Å². The lowest BCUT2D eigenvalue weighted by Gasteiger charge is -2.11. The van der Waals surface area contributed by atoms with Crippen molar-refractivity contribution in [3.8, 4) is 5.75 Å². The van der Waals surface area contributed by atoms with Crippen molar-refractivity contribution in [2.75, 3.05) is 7.11 Å². The molecule has 1 amide bonds. The zero-order valence-electron chi connectivity index (χ0n) is 11.8. The molecule has 20 heavy (non-hydrogen) atoms. The van der Waals surface area contributed by atoms with Gasteiger partial charge in [-0.25, -0.2) is 4.98 Å². The van der Waals surface area contributed by atoms with Crippen molar-refractivity contribution in [1.29, 1.82) is 0 Å². The van der Waals surface area contributed by atoms with Gasteiger partial charge in [0.15, 0.2) is 0 Å². The van der Waals surface area contributed by atoms with Gasteiger partial charge in [0, 0.05) is 6.04 Å². The van der Waals surface area contributed by atoms with Gasteiger partial charge in [0.1, 0.15) is 23.6 Å². The number of ether oxygens (including phenoxy) is 1. The maximum atomic E-state index is 12.0. The van der Waals surface area contributed by atoms with Crippen molar-refractivity contribution in [1.82, 2.24) is 14.9 Å². The summed E-state index contributed by atoms with van der Waals surface area (Å²) in [6.07, 6.45) is 0. The Morgan fingerprint density at radius 2 is 2.25 bits per heavy atom. The van der Waals surface area contributed by atoms with Gasteiger partial charge in [-0.15, -0.1) is 11.6 Å². The summed E-state index contributed by atoms with van der Waals surface area (Å²) in [7, 11) is 1.60. The number of alkyl halides is 1. The third-order valence-electron chi connectivity index (χ3n) is 2.91. The normalized spacial score (nSPS) is 11.1. The van der Waals surface area contributed by atoms with E-state index in [1.807, 2.05) is 36.6 Å². The Hall–Kier alpha value is -1.75. The molecule has 0 radical (unpaired) electrons. The molecule has 0 atom stereocenters. The third kappa shape index (κ3) is 2.88. The van der Waals surface area contributed by atoms with Crippen LogP contribution in [0.5, 0.6) is 5.75 Å². The minimum atomic E-state index is -0.0616. The fourth-order valence-electron chi connectivity index (χ4n) is 2.12. The number of benzene rings is 1. The Bertz CT molecular complexity index is 622. The Labute approximate surface area is 122 Å². The van der Waals surface area contributed by atoms with Crippen LogP contribution >= 0.6 is 11.6 Å². The van der Waals surface area contributed by atoms with Gasteiger partial charge in [-0.05, 0) is 26.0 Å². The topological polar surface area (TPSA) is 56.2 Å². The predicted molar refractivity (Wildman–Crippen MR) is 79.1 cm³/mol. The standard InChI is InChI=1S/C14H18ClN3O2/c1-9(2)16-13(19)8-18-10-5-4-6-11(20-3)14(10)17-12(18)7-15/h4-6,9H,7-8H2,1-3H3,(H,16,19). The van der Waals surface area contributed by atoms with E-state index in [4.69, 9.17) is 16.3 Å². The summed E-state index contributed by atoms with van der Waals surface area (Å²) in [4.78, 5) is 16.4. The largest absolute Gasteiger partial charge is 0.494 e. The second-order valence-electron chi connectivity index (χ2n) is 4.80. The fraction of sp³-hybridized carbons (Fsp3) is 0.429. The molecule has 1 aromatic heterocycles. The van der Waals surface area contributed by atoms with Crippen LogP contribution in [0.1, 0.15) is 19.7 Å². The summed E-state index contributed by atoms with van der Waals surface area (Å²) in [6, 6.07) is 5.72. The van der Waals surface area contributed by atoms with Crippen molar-refractivity contribution in [2.24, 2.45) is 0 Å². The molecule has 0 aliphatic carbocycles. The molecule has 6 heteroatoms. The molecule has 0 spiro atoms. The van der Waals surface area contributed by atoms with Crippen molar-refractivity contribution in [3.63, 3.8) is 0 Å². The maximum Gasteiger partial charge on any atom is 0.240 e. The number of amides is 1. The minimum absolute atomic E-state index is 0.0616. The first-order valence-electron chi connectivity index (χ1n) is 6.44. The number of para-hydroxylation sites is 1. The number of hydrogen-bond acceptors (Lipinski definition) is 3. The van der Waals surface area contributed by atoms with Gasteiger partial charge in [-0.2, -0.15) is 0 Å². The minimum Gasteiger partial charge on any atom is -0.494 e. The summed E-state index contributed by atoms with van der Waals surface area (Å²) in [5.41, 5.74) is 1.57. The lowest BCUT2D eigenvalue weighted by atomic mass is 10.3. The molecule has 0 fully saturated rings. The first kappa shape index (κ1) is 14.7. The molecule has 1 heterocycles. The lowest BCUT2D eigenvalue weighted by Crippen LogP contribution is -2.33. The molecule has 1 aromatic carbocycles. The molecule has 0 saturated carbocycles. The van der Waals surface area contributed by atoms with Crippen LogP contribution in [0.15, 0.2) is 18.2 Å². The number of aromatic nitrogens is 2. The highest BCUT2D eigenvalue weighted by Crippen LogP contribution is 2.26. The van der Waals surface area contributed by atoms with E-state index in [9.17, 15) is 4.79 Å². The van der Waals surface area contributed by atoms with Crippen molar-refractivity contribution in [3.05, 3.63) is 24.0 Å². The van der Waals surface area contributed by atoms with Crippen LogP contribution in [0, 0.1) is 0 Å². The zero-order valence-corrected chi connectivity index (χ0v) is 12.6. The molecule has 0 aliphatic heterocycles. The predicted octanol–water partition coefficient (Wildman–Crippen LogP) is 2.31. The highest BCUT2D eigenvalue weighted by molar-refractivity contribution is 6.17. The van der Waals surface area contributed by atoms with Crippen LogP contribution < -0.4 is 10.1 Å². The molecule has 0 bridgehead atoms. The average Bonchev–Trinajstić information content (AvgIpc) is 2.75. The Balaban J connectivity index is 2.43. The number of rotatable bonds is 5. The van der Waals surface area contributed by atoms with E-state index in [2.05, 4.69) is 10.3 Å². The summed E-state index contributed by atoms with van der Waals surface area (Å²) in [5.74, 6) is 1.52. The third-order valence-corrected chi connectivity index (χ3v) is 3.15. The number of halogens is 1. The molecule has 5 nitrogen and oxygen atoms in total. The summed E-state index contributed by atoms with van der Waals surface area (Å²) in [5, 5.41) is 2.86. The second-order valence-corrected chi connectivity index (χ2v) is 5.07. The molecule has 108 valence electrons. The SMILES string of the molecule is COc1cccc2c1nc(CCl)n2CC(=O)NC(C)C. The quantitative estimate of drug-likeness (QED) is 0.861. The molecule has 2 rings (SSSR count). The number of hydrogen-bond donors (Lipinski definition) is 1. The number of carbonyl (C=O) groups is 1. The number of methoxy groups -OCH3 is 1. The van der Waals surface area contributed by atoms with E-state index in [1.165, 1.54) is 0 Å². The average molecular weight is 296 g/mol. The van der Waals surface area contributed by atoms with Crippen LogP contribution in [-0.2, 0) is 17.2 Å². The van der Waals surface area contributed by atoms with Gasteiger partial charge in [0.2, 0.25) is 5.91 Å². The van der Waals surface area contributed by atoms with Gasteiger partial charge in [0.05, 0.1) is 18.5 Å². The second kappa shape index (κ2) is 6.13. The molecule has 0 unspecified atom stereocenters. The van der Waals surface area contributed by atoms with Crippen molar-refractivity contribution >= 4 is 28.5 Å². The lowest BCUT2D eigenvalue weighted by molar-refractivity contribution is -0.122. The van der Waals surface area contributed by atoms with E-state index in [1.54, 1.807) is 7.11 Å². The molecular formula is C14H18ClN3O2. The van der Waals surface area contributed by atoms with Crippen LogP contribution in [0.2, 0.25) is 0 Å². The van der Waals surface area contributed by atoms with E-state index >= 15 is 0 Å². The van der Waals surface area contributed by atoms with Crippen molar-refractivity contribution < 1.29 is 9.53 Å². The molecule has 2 aromatic rings. The Kier molecular flexibility index (Phi) is 4.49. The molecule has 1 N–H and O–H groups in total. The Morgan fingerprint density at radius 3 is 2.85 bits per heavy atom. The number of nitrogens with one attached hydrogen (secondary N) is 1. The van der Waals surface area contributed by atoms with Gasteiger partial charge in [-0.3, -0.25) is 4.79 Å². The van der Waals surface area contributed by atoms with E-state index in [0.717, 1.165) is 11.0 Å². The van der Waals surface area contributed by atoms with Crippen LogP contribution in [0.3, 0.4) is 0 Å². The Morgan fingerprint density at radius 1 is 1.50 bits per heavy atom. The zero-order chi connectivity index (χ0) is 14.7. The van der Waals surface area contributed by atoms with Crippen molar-refractivity contribution in [2.45, 2.75) is 32.3 Å². The van der Waals surface area contributed by atoms with Gasteiger partial charge in [0.25, 0.3) is 0 Å². The highest BCUT2D eigenvalue weighted by atomic mass is 35.5. The van der Waals surface area contributed by atoms with E-state index in [-0.39, 0.29) is 24.4 Å². The summed E-state index contributed by atoms with van der Waals surface area (Å²) >= 11 is 5.93. The van der Waals surface area contributed by atoms with Gasteiger partial charge in [-0.1, -0.05) is 6.07 Å². The van der Waals surface area contributed by atoms with Crippen LogP contribution in [-0.4, -0.2) is 28.6 Å². The molecular weight excluding hydrogens is 278 g/mol. The first-order valence-corrected chi connectivity index (χ1v) is 6.97. The van der Waals surface area contributed by atoms with E-state index in [0.29, 0.717) is 11.6 Å². The van der Waals surface area contributed by atoms with E-state index < -0.39 is 0 Å². The fourth-order valence-corrected chi connectivity index (χ4v) is 2.33. The number of imidazole rings is 1. The van der Waals surface area contributed by atoms with Gasteiger partial charge < -0.3 is 14.6 Å². The monoisotopic (exact) mass is 295 g/mol. The van der Waals surface area contributed by atoms with Crippen LogP contribution in [0.4, 0.5) is 0 Å². The smallest absolute Gasteiger partial charge is 0.240 e. The highest BCUT2D eigenvalue weighted by Gasteiger charge is 2.15.